The standard InChI is InChI=1S/C19H21ClN2O2/c1-13-6-4-7-16(12-13)21-19(24)10-11-22(15(3)23)18-9-5-8-17(20)14(18)2/h4-9,12H,10-11H2,1-3H3,(H,21,24). The van der Waals surface area contributed by atoms with Crippen LogP contribution in [0.5, 0.6) is 0 Å². The van der Waals surface area contributed by atoms with Crippen LogP contribution >= 0.6 is 11.6 Å². The third-order valence-electron chi connectivity index (χ3n) is 3.77. The number of carbonyl (C=O) groups is 2. The largest absolute Gasteiger partial charge is 0.326 e. The van der Waals surface area contributed by atoms with E-state index in [-0.39, 0.29) is 18.2 Å². The fourth-order valence-corrected chi connectivity index (χ4v) is 2.67. The Morgan fingerprint density at radius 2 is 1.83 bits per heavy atom. The van der Waals surface area contributed by atoms with Gasteiger partial charge in [-0.1, -0.05) is 29.8 Å². The number of rotatable bonds is 5. The zero-order valence-corrected chi connectivity index (χ0v) is 14.9. The van der Waals surface area contributed by atoms with E-state index in [0.29, 0.717) is 11.6 Å². The molecular formula is C19H21ClN2O2. The Morgan fingerprint density at radius 3 is 2.50 bits per heavy atom. The van der Waals surface area contributed by atoms with Crippen molar-refractivity contribution in [1.29, 1.82) is 0 Å². The summed E-state index contributed by atoms with van der Waals surface area (Å²) in [5.74, 6) is -0.254. The van der Waals surface area contributed by atoms with Gasteiger partial charge in [-0.05, 0) is 49.2 Å². The maximum Gasteiger partial charge on any atom is 0.226 e. The number of amides is 2. The molecule has 0 spiro atoms. The van der Waals surface area contributed by atoms with Crippen LogP contribution in [0.2, 0.25) is 5.02 Å². The molecule has 126 valence electrons. The lowest BCUT2D eigenvalue weighted by molar-refractivity contribution is -0.117. The maximum absolute atomic E-state index is 12.2. The first-order valence-electron chi connectivity index (χ1n) is 7.78. The first-order chi connectivity index (χ1) is 11.4. The molecule has 1 N–H and O–H groups in total. The summed E-state index contributed by atoms with van der Waals surface area (Å²) in [7, 11) is 0. The topological polar surface area (TPSA) is 49.4 Å². The lowest BCUT2D eigenvalue weighted by Crippen LogP contribution is -2.32. The highest BCUT2D eigenvalue weighted by atomic mass is 35.5. The molecule has 0 atom stereocenters. The van der Waals surface area contributed by atoms with Crippen molar-refractivity contribution < 1.29 is 9.59 Å². The molecule has 0 saturated carbocycles. The molecule has 2 aromatic carbocycles. The van der Waals surface area contributed by atoms with E-state index in [1.807, 2.05) is 44.2 Å². The van der Waals surface area contributed by atoms with E-state index in [1.165, 1.54) is 6.92 Å². The van der Waals surface area contributed by atoms with Crippen LogP contribution in [-0.2, 0) is 9.59 Å². The van der Waals surface area contributed by atoms with Gasteiger partial charge in [0.15, 0.2) is 0 Å². The number of nitrogens with zero attached hydrogens (tertiary/aromatic N) is 1. The minimum Gasteiger partial charge on any atom is -0.326 e. The van der Waals surface area contributed by atoms with Crippen LogP contribution in [-0.4, -0.2) is 18.4 Å². The van der Waals surface area contributed by atoms with Crippen molar-refractivity contribution in [2.75, 3.05) is 16.8 Å². The number of aryl methyl sites for hydroxylation is 1. The van der Waals surface area contributed by atoms with Crippen molar-refractivity contribution in [3.8, 4) is 0 Å². The van der Waals surface area contributed by atoms with E-state index in [1.54, 1.807) is 17.0 Å². The minimum atomic E-state index is -0.133. The number of carbonyl (C=O) groups excluding carboxylic acids is 2. The van der Waals surface area contributed by atoms with Gasteiger partial charge in [-0.25, -0.2) is 0 Å². The first-order valence-corrected chi connectivity index (χ1v) is 8.16. The average Bonchev–Trinajstić information content (AvgIpc) is 2.51. The van der Waals surface area contributed by atoms with Gasteiger partial charge in [0.1, 0.15) is 0 Å². The number of hydrogen-bond acceptors (Lipinski definition) is 2. The van der Waals surface area contributed by atoms with Gasteiger partial charge < -0.3 is 10.2 Å². The van der Waals surface area contributed by atoms with Crippen LogP contribution < -0.4 is 10.2 Å². The van der Waals surface area contributed by atoms with E-state index < -0.39 is 0 Å². The molecule has 4 nitrogen and oxygen atoms in total. The van der Waals surface area contributed by atoms with Crippen LogP contribution in [0.25, 0.3) is 0 Å². The molecule has 2 aromatic rings. The Bertz CT molecular complexity index is 759. The van der Waals surface area contributed by atoms with Gasteiger partial charge >= 0.3 is 0 Å². The second-order valence-electron chi connectivity index (χ2n) is 5.72. The monoisotopic (exact) mass is 344 g/mol. The van der Waals surface area contributed by atoms with Crippen LogP contribution in [0, 0.1) is 13.8 Å². The van der Waals surface area contributed by atoms with Crippen LogP contribution in [0.4, 0.5) is 11.4 Å². The van der Waals surface area contributed by atoms with Crippen molar-refractivity contribution >= 4 is 34.8 Å². The van der Waals surface area contributed by atoms with Gasteiger partial charge in [0, 0.05) is 36.3 Å². The zero-order valence-electron chi connectivity index (χ0n) is 14.1. The Labute approximate surface area is 147 Å². The van der Waals surface area contributed by atoms with E-state index in [9.17, 15) is 9.59 Å². The summed E-state index contributed by atoms with van der Waals surface area (Å²) in [5, 5.41) is 3.45. The van der Waals surface area contributed by atoms with E-state index in [2.05, 4.69) is 5.32 Å². The molecule has 2 amide bonds. The summed E-state index contributed by atoms with van der Waals surface area (Å²) >= 11 is 6.13. The summed E-state index contributed by atoms with van der Waals surface area (Å²) in [6.07, 6.45) is 0.208. The second-order valence-corrected chi connectivity index (χ2v) is 6.13. The molecule has 0 bridgehead atoms. The number of hydrogen-bond donors (Lipinski definition) is 1. The summed E-state index contributed by atoms with van der Waals surface area (Å²) in [5.41, 5.74) is 3.40. The number of nitrogens with one attached hydrogen (secondary N) is 1. The molecule has 0 aromatic heterocycles. The predicted molar refractivity (Wildman–Crippen MR) is 98.6 cm³/mol. The van der Waals surface area contributed by atoms with Crippen molar-refractivity contribution in [3.63, 3.8) is 0 Å². The lowest BCUT2D eigenvalue weighted by Gasteiger charge is -2.23. The quantitative estimate of drug-likeness (QED) is 0.877. The minimum absolute atomic E-state index is 0.122. The van der Waals surface area contributed by atoms with Gasteiger partial charge in [-0.15, -0.1) is 0 Å². The average molecular weight is 345 g/mol. The normalized spacial score (nSPS) is 10.3. The fraction of sp³-hybridized carbons (Fsp3) is 0.263. The maximum atomic E-state index is 12.2. The molecule has 0 aliphatic rings. The summed E-state index contributed by atoms with van der Waals surface area (Å²) in [6.45, 7) is 5.61. The molecule has 0 radical (unpaired) electrons. The van der Waals surface area contributed by atoms with Crippen molar-refractivity contribution in [1.82, 2.24) is 0 Å². The van der Waals surface area contributed by atoms with Gasteiger partial charge in [0.2, 0.25) is 11.8 Å². The van der Waals surface area contributed by atoms with Crippen LogP contribution in [0.1, 0.15) is 24.5 Å². The second kappa shape index (κ2) is 7.97. The smallest absolute Gasteiger partial charge is 0.226 e. The molecule has 5 heteroatoms. The Hall–Kier alpha value is -2.33. The van der Waals surface area contributed by atoms with Gasteiger partial charge in [-0.3, -0.25) is 9.59 Å². The van der Waals surface area contributed by atoms with E-state index >= 15 is 0 Å². The van der Waals surface area contributed by atoms with E-state index in [4.69, 9.17) is 11.6 Å². The Kier molecular flexibility index (Phi) is 5.99. The molecule has 24 heavy (non-hydrogen) atoms. The predicted octanol–water partition coefficient (Wildman–Crippen LogP) is 4.34. The molecular weight excluding hydrogens is 324 g/mol. The molecule has 0 fully saturated rings. The molecule has 0 saturated heterocycles. The van der Waals surface area contributed by atoms with Crippen molar-refractivity contribution in [3.05, 3.63) is 58.6 Å². The molecule has 0 aliphatic heterocycles. The van der Waals surface area contributed by atoms with Crippen molar-refractivity contribution in [2.45, 2.75) is 27.2 Å². The summed E-state index contributed by atoms with van der Waals surface area (Å²) in [4.78, 5) is 25.7. The van der Waals surface area contributed by atoms with Gasteiger partial charge in [0.05, 0.1) is 0 Å². The van der Waals surface area contributed by atoms with Crippen molar-refractivity contribution in [2.24, 2.45) is 0 Å². The van der Waals surface area contributed by atoms with Gasteiger partial charge in [0.25, 0.3) is 0 Å². The van der Waals surface area contributed by atoms with Crippen LogP contribution in [0.3, 0.4) is 0 Å². The molecule has 0 heterocycles. The number of halogens is 1. The highest BCUT2D eigenvalue weighted by Crippen LogP contribution is 2.26. The lowest BCUT2D eigenvalue weighted by atomic mass is 10.1. The Morgan fingerprint density at radius 1 is 1.12 bits per heavy atom. The highest BCUT2D eigenvalue weighted by molar-refractivity contribution is 6.31. The van der Waals surface area contributed by atoms with Gasteiger partial charge in [-0.2, -0.15) is 0 Å². The fourth-order valence-electron chi connectivity index (χ4n) is 2.50. The molecule has 2 rings (SSSR count). The van der Waals surface area contributed by atoms with E-state index in [0.717, 1.165) is 22.5 Å². The molecule has 0 aliphatic carbocycles. The highest BCUT2D eigenvalue weighted by Gasteiger charge is 2.16. The third kappa shape index (κ3) is 4.59. The SMILES string of the molecule is CC(=O)N(CCC(=O)Nc1cccc(C)c1)c1cccc(Cl)c1C. The first kappa shape index (κ1) is 18.0. The van der Waals surface area contributed by atoms with Crippen LogP contribution in [0.15, 0.2) is 42.5 Å². The summed E-state index contributed by atoms with van der Waals surface area (Å²) < 4.78 is 0. The Balaban J connectivity index is 2.05. The summed E-state index contributed by atoms with van der Waals surface area (Å²) in [6, 6.07) is 13.0. The number of anilines is 2. The molecule has 0 unspecified atom stereocenters. The third-order valence-corrected chi connectivity index (χ3v) is 4.18. The zero-order chi connectivity index (χ0) is 17.7. The number of benzene rings is 2.